The number of anilines is 1. The minimum atomic E-state index is -1.24. The van der Waals surface area contributed by atoms with E-state index < -0.39 is 36.0 Å². The number of aliphatic hydroxyl groups is 1. The molecule has 0 aromatic heterocycles. The highest BCUT2D eigenvalue weighted by atomic mass is 16.5. The van der Waals surface area contributed by atoms with Crippen LogP contribution < -0.4 is 31.3 Å². The summed E-state index contributed by atoms with van der Waals surface area (Å²) in [5, 5.41) is 30.4. The van der Waals surface area contributed by atoms with Crippen molar-refractivity contribution >= 4 is 17.5 Å². The Hall–Kier alpha value is -4.12. The zero-order valence-electron chi connectivity index (χ0n) is 25.6. The number of aromatic hydroxyl groups is 1. The van der Waals surface area contributed by atoms with Gasteiger partial charge in [0.25, 0.3) is 0 Å². The fourth-order valence-electron chi connectivity index (χ4n) is 4.65. The average molecular weight is 592 g/mol. The first-order valence-corrected chi connectivity index (χ1v) is 14.4. The number of rotatable bonds is 15. The number of nitrogens with two attached hydrogens (primary N) is 1. The van der Waals surface area contributed by atoms with Gasteiger partial charge < -0.3 is 36.2 Å². The van der Waals surface area contributed by atoms with Gasteiger partial charge in [-0.05, 0) is 47.7 Å². The summed E-state index contributed by atoms with van der Waals surface area (Å²) in [6.45, 7) is 4.00. The van der Waals surface area contributed by atoms with E-state index in [4.69, 9.17) is 10.5 Å². The van der Waals surface area contributed by atoms with Gasteiger partial charge in [-0.1, -0.05) is 56.3 Å². The van der Waals surface area contributed by atoms with Crippen molar-refractivity contribution < 1.29 is 24.5 Å². The molecule has 0 aliphatic heterocycles. The summed E-state index contributed by atoms with van der Waals surface area (Å²) in [6, 6.07) is 19.5. The molecular formula is C33H45N5O5. The number of carbonyl (C=O) groups excluding carboxylic acids is 2. The van der Waals surface area contributed by atoms with Gasteiger partial charge in [0.1, 0.15) is 23.6 Å². The van der Waals surface area contributed by atoms with Crippen LogP contribution in [0.5, 0.6) is 11.5 Å². The smallest absolute Gasteiger partial charge is 0.243 e. The molecule has 0 bridgehead atoms. The maximum Gasteiger partial charge on any atom is 0.243 e. The molecule has 4 atom stereocenters. The first-order chi connectivity index (χ1) is 20.5. The highest BCUT2D eigenvalue weighted by molar-refractivity contribution is 5.90. The number of phenols is 1. The van der Waals surface area contributed by atoms with E-state index in [2.05, 4.69) is 16.0 Å². The molecule has 0 saturated carbocycles. The van der Waals surface area contributed by atoms with Gasteiger partial charge in [-0.3, -0.25) is 14.9 Å². The van der Waals surface area contributed by atoms with Crippen LogP contribution in [-0.2, 0) is 29.1 Å². The summed E-state index contributed by atoms with van der Waals surface area (Å²) in [7, 11) is 5.42. The molecule has 3 aromatic rings. The van der Waals surface area contributed by atoms with Gasteiger partial charge in [-0.2, -0.15) is 0 Å². The Morgan fingerprint density at radius 1 is 0.907 bits per heavy atom. The second-order valence-electron chi connectivity index (χ2n) is 11.2. The van der Waals surface area contributed by atoms with Crippen molar-refractivity contribution in [2.24, 2.45) is 11.7 Å². The van der Waals surface area contributed by atoms with Crippen molar-refractivity contribution in [3.63, 3.8) is 0 Å². The third kappa shape index (κ3) is 9.71. The molecule has 3 rings (SSSR count). The van der Waals surface area contributed by atoms with Crippen LogP contribution in [0, 0.1) is 5.92 Å². The predicted molar refractivity (Wildman–Crippen MR) is 169 cm³/mol. The van der Waals surface area contributed by atoms with E-state index >= 15 is 0 Å². The van der Waals surface area contributed by atoms with Crippen molar-refractivity contribution in [3.05, 3.63) is 89.5 Å². The third-order valence-electron chi connectivity index (χ3n) is 7.35. The van der Waals surface area contributed by atoms with Gasteiger partial charge in [-0.15, -0.1) is 0 Å². The second kappa shape index (κ2) is 15.9. The molecule has 0 fully saturated rings. The van der Waals surface area contributed by atoms with Crippen LogP contribution in [0.15, 0.2) is 72.8 Å². The minimum absolute atomic E-state index is 0.0109. The van der Waals surface area contributed by atoms with E-state index in [0.717, 1.165) is 16.8 Å². The minimum Gasteiger partial charge on any atom is -0.507 e. The van der Waals surface area contributed by atoms with Crippen LogP contribution in [-0.4, -0.2) is 67.5 Å². The topological polar surface area (TPSA) is 149 Å². The highest BCUT2D eigenvalue weighted by Gasteiger charge is 2.34. The fraction of sp³-hybridized carbons (Fsp3) is 0.394. The van der Waals surface area contributed by atoms with Crippen LogP contribution in [0.3, 0.4) is 0 Å². The molecule has 10 nitrogen and oxygen atoms in total. The summed E-state index contributed by atoms with van der Waals surface area (Å²) < 4.78 is 5.11. The van der Waals surface area contributed by atoms with Crippen LogP contribution in [0.1, 0.15) is 30.5 Å². The maximum absolute atomic E-state index is 13.7. The van der Waals surface area contributed by atoms with Crippen LogP contribution in [0.2, 0.25) is 0 Å². The van der Waals surface area contributed by atoms with Gasteiger partial charge in [0.15, 0.2) is 0 Å². The molecule has 232 valence electrons. The Morgan fingerprint density at radius 2 is 1.58 bits per heavy atom. The summed E-state index contributed by atoms with van der Waals surface area (Å²) in [5.74, 6) is -0.733. The standard InChI is InChI=1S/C33H45N5O5/c1-21(2)29(32(41)36-20-24-13-16-26(43-5)18-28(24)39)37-33(42)30(31(40)27(34)17-22-9-7-6-8-10-22)35-19-23-11-14-25(15-12-23)38(3)4/h6-16,18,21,27,29-31,35,39-40H,17,19-20,34H2,1-5H3,(H,36,41)(H,37,42)/t27-,29-,30+,31+/m0/s1. The lowest BCUT2D eigenvalue weighted by Gasteiger charge is -2.30. The van der Waals surface area contributed by atoms with Crippen molar-refractivity contribution in [2.75, 3.05) is 26.1 Å². The van der Waals surface area contributed by atoms with E-state index in [0.29, 0.717) is 24.3 Å². The van der Waals surface area contributed by atoms with Crippen LogP contribution >= 0.6 is 0 Å². The molecule has 0 heterocycles. The zero-order chi connectivity index (χ0) is 31.5. The predicted octanol–water partition coefficient (Wildman–Crippen LogP) is 2.31. The lowest BCUT2D eigenvalue weighted by Crippen LogP contribution is -2.60. The lowest BCUT2D eigenvalue weighted by molar-refractivity contribution is -0.133. The van der Waals surface area contributed by atoms with Crippen molar-refractivity contribution in [3.8, 4) is 11.5 Å². The monoisotopic (exact) mass is 591 g/mol. The molecule has 10 heteroatoms. The SMILES string of the molecule is COc1ccc(CNC(=O)[C@@H](NC(=O)[C@H](NCc2ccc(N(C)C)cc2)[C@H](O)[C@@H](N)Cc2ccccc2)C(C)C)c(O)c1. The largest absolute Gasteiger partial charge is 0.507 e. The van der Waals surface area contributed by atoms with E-state index in [1.807, 2.05) is 87.4 Å². The number of nitrogens with one attached hydrogen (secondary N) is 3. The lowest BCUT2D eigenvalue weighted by atomic mass is 9.95. The van der Waals surface area contributed by atoms with E-state index in [-0.39, 0.29) is 18.2 Å². The molecule has 0 radical (unpaired) electrons. The summed E-state index contributed by atoms with van der Waals surface area (Å²) in [6.07, 6.45) is -0.877. The molecule has 43 heavy (non-hydrogen) atoms. The number of hydrogen-bond acceptors (Lipinski definition) is 8. The number of benzene rings is 3. The second-order valence-corrected chi connectivity index (χ2v) is 11.2. The molecule has 0 saturated heterocycles. The molecule has 3 aromatic carbocycles. The number of methoxy groups -OCH3 is 1. The average Bonchev–Trinajstić information content (AvgIpc) is 2.99. The van der Waals surface area contributed by atoms with E-state index in [9.17, 15) is 19.8 Å². The van der Waals surface area contributed by atoms with Crippen LogP contribution in [0.4, 0.5) is 5.69 Å². The number of hydrogen-bond donors (Lipinski definition) is 6. The fourth-order valence-corrected chi connectivity index (χ4v) is 4.65. The third-order valence-corrected chi connectivity index (χ3v) is 7.35. The van der Waals surface area contributed by atoms with Gasteiger partial charge in [0.05, 0.1) is 13.2 Å². The number of ether oxygens (including phenoxy) is 1. The molecule has 0 unspecified atom stereocenters. The van der Waals surface area contributed by atoms with Crippen molar-refractivity contribution in [1.82, 2.24) is 16.0 Å². The molecule has 0 aliphatic carbocycles. The van der Waals surface area contributed by atoms with Crippen molar-refractivity contribution in [1.29, 1.82) is 0 Å². The van der Waals surface area contributed by atoms with Crippen molar-refractivity contribution in [2.45, 2.75) is 57.6 Å². The van der Waals surface area contributed by atoms with Gasteiger partial charge >= 0.3 is 0 Å². The number of nitrogens with zero attached hydrogens (tertiary/aromatic N) is 1. The first-order valence-electron chi connectivity index (χ1n) is 14.4. The first kappa shape index (κ1) is 33.4. The quantitative estimate of drug-likeness (QED) is 0.158. The van der Waals surface area contributed by atoms with Gasteiger partial charge in [-0.25, -0.2) is 0 Å². The Kier molecular flexibility index (Phi) is 12.4. The number of carbonyl (C=O) groups is 2. The summed E-state index contributed by atoms with van der Waals surface area (Å²) in [5.41, 5.74) is 9.82. The molecule has 0 aliphatic rings. The number of aliphatic hydroxyl groups excluding tert-OH is 1. The molecule has 2 amide bonds. The zero-order valence-corrected chi connectivity index (χ0v) is 25.6. The Morgan fingerprint density at radius 3 is 2.16 bits per heavy atom. The maximum atomic E-state index is 13.7. The van der Waals surface area contributed by atoms with Gasteiger partial charge in [0.2, 0.25) is 11.8 Å². The normalized spacial score (nSPS) is 14.0. The Labute approximate surface area is 254 Å². The Bertz CT molecular complexity index is 1320. The number of phenolic OH excluding ortho intramolecular Hbond substituents is 1. The van der Waals surface area contributed by atoms with E-state index in [1.165, 1.54) is 13.2 Å². The molecule has 0 spiro atoms. The van der Waals surface area contributed by atoms with Gasteiger partial charge in [0, 0.05) is 50.5 Å². The van der Waals surface area contributed by atoms with E-state index in [1.54, 1.807) is 12.1 Å². The number of amides is 2. The molecular weight excluding hydrogens is 546 g/mol. The summed E-state index contributed by atoms with van der Waals surface area (Å²) in [4.78, 5) is 28.9. The summed E-state index contributed by atoms with van der Waals surface area (Å²) >= 11 is 0. The Balaban J connectivity index is 1.74. The molecule has 7 N–H and O–H groups in total. The van der Waals surface area contributed by atoms with Crippen LogP contribution in [0.25, 0.3) is 0 Å². The highest BCUT2D eigenvalue weighted by Crippen LogP contribution is 2.23.